The smallest absolute Gasteiger partial charge is 0.196 e. The minimum Gasteiger partial charge on any atom is -0.496 e. The molecule has 0 amide bonds. The van der Waals surface area contributed by atoms with Gasteiger partial charge < -0.3 is 10.5 Å². The van der Waals surface area contributed by atoms with E-state index in [2.05, 4.69) is 0 Å². The Morgan fingerprint density at radius 1 is 1.12 bits per heavy atom. The minimum absolute atomic E-state index is 0.0882. The van der Waals surface area contributed by atoms with E-state index in [1.165, 1.54) is 7.11 Å². The molecule has 0 bridgehead atoms. The van der Waals surface area contributed by atoms with Crippen molar-refractivity contribution in [3.8, 4) is 5.75 Å². The first-order chi connectivity index (χ1) is 8.22. The molecule has 17 heavy (non-hydrogen) atoms. The van der Waals surface area contributed by atoms with Crippen molar-refractivity contribution in [2.24, 2.45) is 0 Å². The Morgan fingerprint density at radius 3 is 2.47 bits per heavy atom. The van der Waals surface area contributed by atoms with Gasteiger partial charge in [0.05, 0.1) is 12.7 Å². The van der Waals surface area contributed by atoms with Gasteiger partial charge in [-0.25, -0.2) is 0 Å². The first-order valence-corrected chi connectivity index (χ1v) is 5.25. The Morgan fingerprint density at radius 2 is 1.82 bits per heavy atom. The van der Waals surface area contributed by atoms with Gasteiger partial charge in [0.1, 0.15) is 5.75 Å². The van der Waals surface area contributed by atoms with Crippen LogP contribution in [0.1, 0.15) is 15.9 Å². The lowest BCUT2D eigenvalue weighted by atomic mass is 10.0. The van der Waals surface area contributed by atoms with Crippen molar-refractivity contribution in [3.05, 3.63) is 59.7 Å². The molecule has 0 aliphatic carbocycles. The third-order valence-corrected chi connectivity index (χ3v) is 2.50. The van der Waals surface area contributed by atoms with Gasteiger partial charge in [-0.15, -0.1) is 0 Å². The summed E-state index contributed by atoms with van der Waals surface area (Å²) in [5, 5.41) is 0. The van der Waals surface area contributed by atoms with Crippen LogP contribution in [0.15, 0.2) is 48.5 Å². The minimum atomic E-state index is -0.0882. The maximum absolute atomic E-state index is 12.2. The van der Waals surface area contributed by atoms with Crippen molar-refractivity contribution >= 4 is 11.5 Å². The van der Waals surface area contributed by atoms with Crippen LogP contribution in [0.25, 0.3) is 0 Å². The van der Waals surface area contributed by atoms with Crippen LogP contribution in [0.3, 0.4) is 0 Å². The van der Waals surface area contributed by atoms with Crippen LogP contribution in [0.5, 0.6) is 5.75 Å². The number of anilines is 1. The first-order valence-electron chi connectivity index (χ1n) is 5.25. The van der Waals surface area contributed by atoms with Gasteiger partial charge in [0.25, 0.3) is 0 Å². The van der Waals surface area contributed by atoms with E-state index in [0.29, 0.717) is 22.6 Å². The second-order valence-corrected chi connectivity index (χ2v) is 3.65. The van der Waals surface area contributed by atoms with Crippen molar-refractivity contribution < 1.29 is 9.53 Å². The van der Waals surface area contributed by atoms with Crippen molar-refractivity contribution in [3.63, 3.8) is 0 Å². The highest BCUT2D eigenvalue weighted by molar-refractivity contribution is 6.11. The number of hydrogen-bond acceptors (Lipinski definition) is 3. The molecular formula is C14H13NO2. The summed E-state index contributed by atoms with van der Waals surface area (Å²) in [6, 6.07) is 14.1. The van der Waals surface area contributed by atoms with E-state index in [4.69, 9.17) is 10.5 Å². The molecule has 0 spiro atoms. The maximum Gasteiger partial charge on any atom is 0.196 e. The van der Waals surface area contributed by atoms with Crippen molar-refractivity contribution in [2.45, 2.75) is 0 Å². The lowest BCUT2D eigenvalue weighted by Crippen LogP contribution is -2.04. The zero-order valence-corrected chi connectivity index (χ0v) is 9.51. The Kier molecular flexibility index (Phi) is 3.10. The Bertz CT molecular complexity index is 535. The molecule has 0 unspecified atom stereocenters. The lowest BCUT2D eigenvalue weighted by Gasteiger charge is -2.08. The molecule has 0 radical (unpaired) electrons. The fraction of sp³-hybridized carbons (Fsp3) is 0.0714. The monoisotopic (exact) mass is 227 g/mol. The van der Waals surface area contributed by atoms with Gasteiger partial charge in [-0.2, -0.15) is 0 Å². The average Bonchev–Trinajstić information content (AvgIpc) is 2.39. The van der Waals surface area contributed by atoms with Crippen molar-refractivity contribution in [1.29, 1.82) is 0 Å². The number of ether oxygens (including phenoxy) is 1. The molecule has 3 heteroatoms. The molecule has 0 atom stereocenters. The molecule has 0 fully saturated rings. The Labute approximate surface area is 99.8 Å². The fourth-order valence-corrected chi connectivity index (χ4v) is 1.65. The standard InChI is InChI=1S/C14H13NO2/c1-17-13-8-7-11(15)9-12(13)14(16)10-5-3-2-4-6-10/h2-9H,15H2,1H3. The van der Waals surface area contributed by atoms with Gasteiger partial charge in [0, 0.05) is 11.3 Å². The summed E-state index contributed by atoms with van der Waals surface area (Å²) in [5.74, 6) is 0.447. The summed E-state index contributed by atoms with van der Waals surface area (Å²) >= 11 is 0. The SMILES string of the molecule is COc1ccc(N)cc1C(=O)c1ccccc1. The average molecular weight is 227 g/mol. The fourth-order valence-electron chi connectivity index (χ4n) is 1.65. The number of hydrogen-bond donors (Lipinski definition) is 1. The number of carbonyl (C=O) groups excluding carboxylic acids is 1. The third-order valence-electron chi connectivity index (χ3n) is 2.50. The largest absolute Gasteiger partial charge is 0.496 e. The number of benzene rings is 2. The quantitative estimate of drug-likeness (QED) is 0.647. The van der Waals surface area contributed by atoms with E-state index >= 15 is 0 Å². The predicted molar refractivity (Wildman–Crippen MR) is 67.3 cm³/mol. The molecule has 2 N–H and O–H groups in total. The zero-order valence-electron chi connectivity index (χ0n) is 9.51. The van der Waals surface area contributed by atoms with Gasteiger partial charge in [-0.3, -0.25) is 4.79 Å². The van der Waals surface area contributed by atoms with Crippen LogP contribution in [-0.4, -0.2) is 12.9 Å². The number of rotatable bonds is 3. The summed E-state index contributed by atoms with van der Waals surface area (Å²) in [6.07, 6.45) is 0. The molecule has 0 saturated heterocycles. The molecule has 0 aliphatic heterocycles. The van der Waals surface area contributed by atoms with Gasteiger partial charge in [0.2, 0.25) is 0 Å². The van der Waals surface area contributed by atoms with E-state index in [1.807, 2.05) is 18.2 Å². The molecule has 0 heterocycles. The normalized spacial score (nSPS) is 9.94. The highest BCUT2D eigenvalue weighted by Crippen LogP contribution is 2.23. The van der Waals surface area contributed by atoms with E-state index < -0.39 is 0 Å². The van der Waals surface area contributed by atoms with Crippen LogP contribution in [0.2, 0.25) is 0 Å². The molecule has 2 rings (SSSR count). The number of ketones is 1. The Balaban J connectivity index is 2.47. The predicted octanol–water partition coefficient (Wildman–Crippen LogP) is 2.51. The molecule has 2 aromatic rings. The molecule has 0 aromatic heterocycles. The van der Waals surface area contributed by atoms with Gasteiger partial charge in [-0.1, -0.05) is 30.3 Å². The highest BCUT2D eigenvalue weighted by atomic mass is 16.5. The maximum atomic E-state index is 12.2. The molecular weight excluding hydrogens is 214 g/mol. The number of nitrogen functional groups attached to an aromatic ring is 1. The summed E-state index contributed by atoms with van der Waals surface area (Å²) in [7, 11) is 1.54. The van der Waals surface area contributed by atoms with Crippen LogP contribution < -0.4 is 10.5 Å². The van der Waals surface area contributed by atoms with Crippen LogP contribution in [-0.2, 0) is 0 Å². The third kappa shape index (κ3) is 2.28. The van der Waals surface area contributed by atoms with E-state index in [1.54, 1.807) is 30.3 Å². The van der Waals surface area contributed by atoms with E-state index in [0.717, 1.165) is 0 Å². The second kappa shape index (κ2) is 4.70. The summed E-state index contributed by atoms with van der Waals surface area (Å²) in [5.41, 5.74) is 7.34. The van der Waals surface area contributed by atoms with Crippen molar-refractivity contribution in [1.82, 2.24) is 0 Å². The van der Waals surface area contributed by atoms with Gasteiger partial charge in [0.15, 0.2) is 5.78 Å². The van der Waals surface area contributed by atoms with Crippen molar-refractivity contribution in [2.75, 3.05) is 12.8 Å². The summed E-state index contributed by atoms with van der Waals surface area (Å²) in [4.78, 5) is 12.2. The Hall–Kier alpha value is -2.29. The number of methoxy groups -OCH3 is 1. The van der Waals surface area contributed by atoms with E-state index in [-0.39, 0.29) is 5.78 Å². The van der Waals surface area contributed by atoms with Crippen LogP contribution in [0.4, 0.5) is 5.69 Å². The molecule has 86 valence electrons. The van der Waals surface area contributed by atoms with Crippen LogP contribution in [0, 0.1) is 0 Å². The topological polar surface area (TPSA) is 52.3 Å². The highest BCUT2D eigenvalue weighted by Gasteiger charge is 2.14. The molecule has 3 nitrogen and oxygen atoms in total. The molecule has 0 saturated carbocycles. The van der Waals surface area contributed by atoms with E-state index in [9.17, 15) is 4.79 Å². The summed E-state index contributed by atoms with van der Waals surface area (Å²) < 4.78 is 5.17. The molecule has 2 aromatic carbocycles. The molecule has 0 aliphatic rings. The summed E-state index contributed by atoms with van der Waals surface area (Å²) in [6.45, 7) is 0. The second-order valence-electron chi connectivity index (χ2n) is 3.65. The van der Waals surface area contributed by atoms with Crippen LogP contribution >= 0.6 is 0 Å². The first kappa shape index (κ1) is 11.2. The number of nitrogens with two attached hydrogens (primary N) is 1. The number of carbonyl (C=O) groups is 1. The van der Waals surface area contributed by atoms with Gasteiger partial charge in [-0.05, 0) is 18.2 Å². The lowest BCUT2D eigenvalue weighted by molar-refractivity contribution is 0.103. The van der Waals surface area contributed by atoms with Gasteiger partial charge >= 0.3 is 0 Å². The zero-order chi connectivity index (χ0) is 12.3.